The molecule has 0 aliphatic carbocycles. The highest BCUT2D eigenvalue weighted by atomic mass is 35.5. The zero-order valence-electron chi connectivity index (χ0n) is 11.1. The van der Waals surface area contributed by atoms with Crippen LogP contribution in [-0.2, 0) is 5.54 Å². The van der Waals surface area contributed by atoms with Gasteiger partial charge in [0.05, 0.1) is 11.6 Å². The van der Waals surface area contributed by atoms with Gasteiger partial charge in [-0.2, -0.15) is 0 Å². The molecule has 0 bridgehead atoms. The van der Waals surface area contributed by atoms with Crippen molar-refractivity contribution in [3.05, 3.63) is 40.7 Å². The van der Waals surface area contributed by atoms with E-state index in [1.54, 1.807) is 0 Å². The zero-order chi connectivity index (χ0) is 14.0. The van der Waals surface area contributed by atoms with Gasteiger partial charge in [0.25, 0.3) is 0 Å². The van der Waals surface area contributed by atoms with E-state index in [2.05, 4.69) is 15.5 Å². The van der Waals surface area contributed by atoms with Crippen LogP contribution in [0, 0.1) is 0 Å². The Morgan fingerprint density at radius 2 is 1.89 bits per heavy atom. The fourth-order valence-electron chi connectivity index (χ4n) is 1.56. The number of nitrogens with one attached hydrogen (secondary N) is 1. The first-order valence-corrected chi connectivity index (χ1v) is 6.39. The molecule has 1 aromatic carbocycles. The van der Waals surface area contributed by atoms with Crippen molar-refractivity contribution >= 4 is 17.6 Å². The van der Waals surface area contributed by atoms with Crippen LogP contribution in [0.15, 0.2) is 28.7 Å². The van der Waals surface area contributed by atoms with Gasteiger partial charge < -0.3 is 15.5 Å². The van der Waals surface area contributed by atoms with Crippen LogP contribution < -0.4 is 11.1 Å². The van der Waals surface area contributed by atoms with Crippen LogP contribution in [0.3, 0.4) is 0 Å². The largest absolute Gasteiger partial charge is 0.406 e. The Kier molecular flexibility index (Phi) is 3.78. The maximum Gasteiger partial charge on any atom is 0.316 e. The van der Waals surface area contributed by atoms with E-state index < -0.39 is 5.54 Å². The second-order valence-corrected chi connectivity index (χ2v) is 5.49. The van der Waals surface area contributed by atoms with Gasteiger partial charge in [-0.05, 0) is 38.5 Å². The predicted octanol–water partition coefficient (Wildman–Crippen LogP) is 3.09. The van der Waals surface area contributed by atoms with E-state index in [0.29, 0.717) is 16.9 Å². The van der Waals surface area contributed by atoms with Crippen LogP contribution in [0.2, 0.25) is 5.02 Å². The predicted molar refractivity (Wildman–Crippen MR) is 75.0 cm³/mol. The van der Waals surface area contributed by atoms with E-state index in [4.69, 9.17) is 21.8 Å². The minimum absolute atomic E-state index is 0.0338. The van der Waals surface area contributed by atoms with E-state index in [1.807, 2.05) is 45.0 Å². The molecule has 1 heterocycles. The van der Waals surface area contributed by atoms with Crippen LogP contribution in [0.1, 0.15) is 38.3 Å². The van der Waals surface area contributed by atoms with Gasteiger partial charge in [0.2, 0.25) is 5.89 Å². The van der Waals surface area contributed by atoms with Crippen molar-refractivity contribution in [1.82, 2.24) is 10.2 Å². The summed E-state index contributed by atoms with van der Waals surface area (Å²) in [7, 11) is 0. The third-order valence-corrected chi connectivity index (χ3v) is 2.94. The van der Waals surface area contributed by atoms with Gasteiger partial charge in [0.15, 0.2) is 0 Å². The first kappa shape index (κ1) is 13.8. The molecule has 0 radical (unpaired) electrons. The Morgan fingerprint density at radius 1 is 1.26 bits per heavy atom. The number of halogens is 1. The van der Waals surface area contributed by atoms with Crippen molar-refractivity contribution < 1.29 is 4.42 Å². The third kappa shape index (κ3) is 3.45. The molecule has 0 saturated carbocycles. The number of hydrogen-bond donors (Lipinski definition) is 2. The Balaban J connectivity index is 2.08. The standard InChI is InChI=1S/C13H17ClN4O/c1-8(9-4-6-10(14)7-5-9)16-12-18-17-11(19-12)13(2,3)15/h4-8H,15H2,1-3H3,(H,16,18). The molecule has 1 aromatic heterocycles. The summed E-state index contributed by atoms with van der Waals surface area (Å²) in [6.45, 7) is 5.63. The average molecular weight is 281 g/mol. The third-order valence-electron chi connectivity index (χ3n) is 2.69. The fourth-order valence-corrected chi connectivity index (χ4v) is 1.69. The van der Waals surface area contributed by atoms with Gasteiger partial charge in [-0.15, -0.1) is 5.10 Å². The molecule has 3 N–H and O–H groups in total. The Hall–Kier alpha value is -1.59. The van der Waals surface area contributed by atoms with Crippen LogP contribution in [0.4, 0.5) is 6.01 Å². The Bertz CT molecular complexity index is 545. The maximum absolute atomic E-state index is 5.89. The molecule has 0 spiro atoms. The van der Waals surface area contributed by atoms with E-state index in [-0.39, 0.29) is 6.04 Å². The molecule has 0 amide bonds. The lowest BCUT2D eigenvalue weighted by molar-refractivity contribution is 0.383. The number of aromatic nitrogens is 2. The maximum atomic E-state index is 5.89. The molecule has 102 valence electrons. The second kappa shape index (κ2) is 5.19. The summed E-state index contributed by atoms with van der Waals surface area (Å²) >= 11 is 5.85. The molecule has 2 aromatic rings. The molecule has 0 aliphatic rings. The molecule has 5 nitrogen and oxygen atoms in total. The van der Waals surface area contributed by atoms with Gasteiger partial charge in [-0.1, -0.05) is 28.8 Å². The number of benzene rings is 1. The summed E-state index contributed by atoms with van der Waals surface area (Å²) in [4.78, 5) is 0. The first-order chi connectivity index (χ1) is 8.86. The Morgan fingerprint density at radius 3 is 2.42 bits per heavy atom. The molecule has 0 saturated heterocycles. The molecule has 19 heavy (non-hydrogen) atoms. The SMILES string of the molecule is CC(Nc1nnc(C(C)(C)N)o1)c1ccc(Cl)cc1. The van der Waals surface area contributed by atoms with Crippen molar-refractivity contribution in [3.8, 4) is 0 Å². The minimum Gasteiger partial charge on any atom is -0.406 e. The lowest BCUT2D eigenvalue weighted by Gasteiger charge is -2.13. The van der Waals surface area contributed by atoms with Gasteiger partial charge in [-0.25, -0.2) is 0 Å². The summed E-state index contributed by atoms with van der Waals surface area (Å²) < 4.78 is 5.48. The van der Waals surface area contributed by atoms with E-state index in [9.17, 15) is 0 Å². The molecular formula is C13H17ClN4O. The van der Waals surface area contributed by atoms with Crippen molar-refractivity contribution in [3.63, 3.8) is 0 Å². The lowest BCUT2D eigenvalue weighted by atomic mass is 10.1. The summed E-state index contributed by atoms with van der Waals surface area (Å²) in [5.74, 6) is 0.401. The first-order valence-electron chi connectivity index (χ1n) is 6.01. The molecule has 0 aliphatic heterocycles. The van der Waals surface area contributed by atoms with E-state index >= 15 is 0 Å². The summed E-state index contributed by atoms with van der Waals surface area (Å²) in [6.07, 6.45) is 0. The Labute approximate surface area is 117 Å². The topological polar surface area (TPSA) is 77.0 Å². The summed E-state index contributed by atoms with van der Waals surface area (Å²) in [6, 6.07) is 7.98. The van der Waals surface area contributed by atoms with Crippen molar-refractivity contribution in [2.24, 2.45) is 5.73 Å². The average Bonchev–Trinajstić information content (AvgIpc) is 2.78. The molecule has 0 fully saturated rings. The number of hydrogen-bond acceptors (Lipinski definition) is 5. The van der Waals surface area contributed by atoms with E-state index in [1.165, 1.54) is 0 Å². The van der Waals surface area contributed by atoms with Crippen LogP contribution in [0.5, 0.6) is 0 Å². The normalized spacial score (nSPS) is 13.3. The van der Waals surface area contributed by atoms with Crippen molar-refractivity contribution in [2.75, 3.05) is 5.32 Å². The van der Waals surface area contributed by atoms with Gasteiger partial charge >= 0.3 is 6.01 Å². The summed E-state index contributed by atoms with van der Waals surface area (Å²) in [5, 5.41) is 11.7. The molecular weight excluding hydrogens is 264 g/mol. The molecule has 6 heteroatoms. The zero-order valence-corrected chi connectivity index (χ0v) is 11.9. The van der Waals surface area contributed by atoms with Gasteiger partial charge in [0, 0.05) is 5.02 Å². The number of anilines is 1. The smallest absolute Gasteiger partial charge is 0.316 e. The fraction of sp³-hybridized carbons (Fsp3) is 0.385. The molecule has 1 unspecified atom stereocenters. The number of nitrogens with zero attached hydrogens (tertiary/aromatic N) is 2. The minimum atomic E-state index is -0.642. The van der Waals surface area contributed by atoms with Gasteiger partial charge in [0.1, 0.15) is 0 Å². The highest BCUT2D eigenvalue weighted by molar-refractivity contribution is 6.30. The highest BCUT2D eigenvalue weighted by Crippen LogP contribution is 2.22. The van der Waals surface area contributed by atoms with Gasteiger partial charge in [-0.3, -0.25) is 0 Å². The van der Waals surface area contributed by atoms with Crippen LogP contribution in [0.25, 0.3) is 0 Å². The van der Waals surface area contributed by atoms with E-state index in [0.717, 1.165) is 5.56 Å². The molecule has 1 atom stereocenters. The monoisotopic (exact) mass is 280 g/mol. The lowest BCUT2D eigenvalue weighted by Crippen LogP contribution is -2.29. The quantitative estimate of drug-likeness (QED) is 0.900. The second-order valence-electron chi connectivity index (χ2n) is 5.05. The van der Waals surface area contributed by atoms with Crippen LogP contribution in [-0.4, -0.2) is 10.2 Å². The number of nitrogens with two attached hydrogens (primary N) is 1. The van der Waals surface area contributed by atoms with Crippen molar-refractivity contribution in [1.29, 1.82) is 0 Å². The number of rotatable bonds is 4. The van der Waals surface area contributed by atoms with Crippen molar-refractivity contribution in [2.45, 2.75) is 32.4 Å². The molecule has 2 rings (SSSR count). The highest BCUT2D eigenvalue weighted by Gasteiger charge is 2.22. The van der Waals surface area contributed by atoms with Crippen LogP contribution >= 0.6 is 11.6 Å². The summed E-state index contributed by atoms with van der Waals surface area (Å²) in [5.41, 5.74) is 6.33.